The van der Waals surface area contributed by atoms with Gasteiger partial charge in [-0.15, -0.1) is 0 Å². The second-order valence-electron chi connectivity index (χ2n) is 6.65. The van der Waals surface area contributed by atoms with Gasteiger partial charge in [0.05, 0.1) is 0 Å². The maximum atomic E-state index is 12.2. The monoisotopic (exact) mass is 309 g/mol. The first-order valence-electron chi connectivity index (χ1n) is 6.83. The Morgan fingerprint density at radius 1 is 0.952 bits per heavy atom. The smallest absolute Gasteiger partial charge is 0.419 e. The number of halogens is 2. The molecule has 0 aromatic carbocycles. The number of carbonyl (C=O) groups is 2. The normalized spacial score (nSPS) is 12.2. The molecule has 0 aliphatic rings. The molecule has 0 aromatic heterocycles. The molecule has 0 saturated carbocycles. The lowest BCUT2D eigenvalue weighted by atomic mass is 10.2. The molecule has 0 rings (SSSR count). The van der Waals surface area contributed by atoms with Crippen LogP contribution in [-0.2, 0) is 9.47 Å². The molecule has 0 aliphatic carbocycles. The molecule has 0 spiro atoms. The molecular weight excluding hydrogens is 284 g/mol. The number of carbonyl (C=O) groups excluding carboxylic acids is 2. The number of rotatable bonds is 4. The average Bonchev–Trinajstić information content (AvgIpc) is 2.18. The average molecular weight is 309 g/mol. The van der Waals surface area contributed by atoms with E-state index in [-0.39, 0.29) is 13.0 Å². The van der Waals surface area contributed by atoms with Crippen LogP contribution in [-0.4, -0.2) is 41.3 Å². The highest BCUT2D eigenvalue weighted by Crippen LogP contribution is 2.15. The van der Waals surface area contributed by atoms with E-state index < -0.39 is 36.2 Å². The summed E-state index contributed by atoms with van der Waals surface area (Å²) in [4.78, 5) is 24.7. The van der Waals surface area contributed by atoms with E-state index in [1.807, 2.05) is 0 Å². The number of alkyl halides is 2. The van der Waals surface area contributed by atoms with Crippen LogP contribution in [0.25, 0.3) is 0 Å². The van der Waals surface area contributed by atoms with Crippen molar-refractivity contribution >= 4 is 12.2 Å². The molecule has 0 saturated heterocycles. The summed E-state index contributed by atoms with van der Waals surface area (Å²) < 4.78 is 34.5. The van der Waals surface area contributed by atoms with Crippen molar-refractivity contribution in [1.29, 1.82) is 0 Å². The van der Waals surface area contributed by atoms with Gasteiger partial charge in [0.15, 0.2) is 0 Å². The Morgan fingerprint density at radius 2 is 1.33 bits per heavy atom. The first-order valence-corrected chi connectivity index (χ1v) is 6.83. The summed E-state index contributed by atoms with van der Waals surface area (Å²) in [6, 6.07) is 0. The summed E-state index contributed by atoms with van der Waals surface area (Å²) in [6.07, 6.45) is -4.70. The molecular formula is C14H25F2NO4. The van der Waals surface area contributed by atoms with Crippen molar-refractivity contribution in [3.8, 4) is 0 Å². The van der Waals surface area contributed by atoms with Crippen LogP contribution >= 0.6 is 0 Å². The predicted octanol–water partition coefficient (Wildman–Crippen LogP) is 4.20. The number of ether oxygens (including phenoxy) is 2. The van der Waals surface area contributed by atoms with Crippen molar-refractivity contribution < 1.29 is 27.8 Å². The third-order valence-electron chi connectivity index (χ3n) is 2.03. The molecule has 0 aliphatic heterocycles. The molecule has 0 unspecified atom stereocenters. The van der Waals surface area contributed by atoms with Crippen LogP contribution in [0.1, 0.15) is 54.4 Å². The van der Waals surface area contributed by atoms with Gasteiger partial charge in [-0.25, -0.2) is 23.3 Å². The summed E-state index contributed by atoms with van der Waals surface area (Å²) in [6.45, 7) is 9.73. The second-order valence-corrected chi connectivity index (χ2v) is 6.65. The first-order chi connectivity index (χ1) is 9.32. The summed E-state index contributed by atoms with van der Waals surface area (Å²) in [5.74, 6) is 0. The van der Waals surface area contributed by atoms with Crippen molar-refractivity contribution in [2.45, 2.75) is 72.0 Å². The summed E-state index contributed by atoms with van der Waals surface area (Å²) >= 11 is 0. The van der Waals surface area contributed by atoms with Crippen LogP contribution in [0.4, 0.5) is 18.4 Å². The lowest BCUT2D eigenvalue weighted by Crippen LogP contribution is -2.44. The molecule has 2 amide bonds. The quantitative estimate of drug-likeness (QED) is 0.781. The van der Waals surface area contributed by atoms with E-state index >= 15 is 0 Å². The molecule has 0 fully saturated rings. The van der Waals surface area contributed by atoms with E-state index in [2.05, 4.69) is 0 Å². The molecule has 124 valence electrons. The highest BCUT2D eigenvalue weighted by atomic mass is 19.3. The molecule has 0 heterocycles. The van der Waals surface area contributed by atoms with Crippen LogP contribution in [0, 0.1) is 0 Å². The van der Waals surface area contributed by atoms with Gasteiger partial charge >= 0.3 is 12.2 Å². The SMILES string of the molecule is CC(C)(C)OC(=O)N(CCCC(F)F)C(=O)OC(C)(C)C. The topological polar surface area (TPSA) is 55.8 Å². The van der Waals surface area contributed by atoms with Crippen LogP contribution < -0.4 is 0 Å². The summed E-state index contributed by atoms with van der Waals surface area (Å²) in [5, 5.41) is 0. The van der Waals surface area contributed by atoms with Crippen molar-refractivity contribution in [2.24, 2.45) is 0 Å². The van der Waals surface area contributed by atoms with Crippen LogP contribution in [0.2, 0.25) is 0 Å². The van der Waals surface area contributed by atoms with Crippen LogP contribution in [0.15, 0.2) is 0 Å². The number of hydrogen-bond donors (Lipinski definition) is 0. The van der Waals surface area contributed by atoms with E-state index in [1.165, 1.54) is 0 Å². The zero-order valence-corrected chi connectivity index (χ0v) is 13.5. The molecule has 0 atom stereocenters. The Kier molecular flexibility index (Phi) is 7.06. The van der Waals surface area contributed by atoms with E-state index in [0.29, 0.717) is 0 Å². The fraction of sp³-hybridized carbons (Fsp3) is 0.857. The van der Waals surface area contributed by atoms with Gasteiger partial charge in [0.1, 0.15) is 11.2 Å². The maximum absolute atomic E-state index is 12.2. The van der Waals surface area contributed by atoms with Gasteiger partial charge in [0.2, 0.25) is 6.43 Å². The third-order valence-corrected chi connectivity index (χ3v) is 2.03. The third kappa shape index (κ3) is 10.0. The molecule has 0 aromatic rings. The van der Waals surface area contributed by atoms with E-state index in [4.69, 9.17) is 9.47 Å². The lowest BCUT2D eigenvalue weighted by molar-refractivity contribution is 0.000169. The number of amides is 2. The molecule has 21 heavy (non-hydrogen) atoms. The van der Waals surface area contributed by atoms with Gasteiger partial charge in [-0.05, 0) is 48.0 Å². The highest BCUT2D eigenvalue weighted by Gasteiger charge is 2.30. The Hall–Kier alpha value is -1.40. The lowest BCUT2D eigenvalue weighted by Gasteiger charge is -2.28. The molecule has 7 heteroatoms. The number of nitrogens with zero attached hydrogens (tertiary/aromatic N) is 1. The number of hydrogen-bond acceptors (Lipinski definition) is 4. The second kappa shape index (κ2) is 7.56. The minimum atomic E-state index is -2.48. The van der Waals surface area contributed by atoms with Crippen molar-refractivity contribution in [3.63, 3.8) is 0 Å². The van der Waals surface area contributed by atoms with Gasteiger partial charge in [-0.3, -0.25) is 0 Å². The van der Waals surface area contributed by atoms with Gasteiger partial charge in [0.25, 0.3) is 0 Å². The fourth-order valence-electron chi connectivity index (χ4n) is 1.29. The Bertz CT molecular complexity index is 331. The standard InChI is InChI=1S/C14H25F2NO4/c1-13(2,3)20-11(18)17(9-7-8-10(15)16)12(19)21-14(4,5)6/h10H,7-9H2,1-6H3. The first kappa shape index (κ1) is 19.6. The zero-order chi connectivity index (χ0) is 16.8. The molecule has 5 nitrogen and oxygen atoms in total. The highest BCUT2D eigenvalue weighted by molar-refractivity contribution is 5.88. The van der Waals surface area contributed by atoms with Crippen molar-refractivity contribution in [2.75, 3.05) is 6.54 Å². The Labute approximate surface area is 124 Å². The van der Waals surface area contributed by atoms with Crippen LogP contribution in [0.5, 0.6) is 0 Å². The summed E-state index contributed by atoms with van der Waals surface area (Å²) in [7, 11) is 0. The van der Waals surface area contributed by atoms with Gasteiger partial charge < -0.3 is 9.47 Å². The molecule has 0 bridgehead atoms. The van der Waals surface area contributed by atoms with Gasteiger partial charge in [0, 0.05) is 13.0 Å². The predicted molar refractivity (Wildman–Crippen MR) is 74.4 cm³/mol. The number of imide groups is 1. The van der Waals surface area contributed by atoms with E-state index in [9.17, 15) is 18.4 Å². The summed E-state index contributed by atoms with van der Waals surface area (Å²) in [5.41, 5.74) is -1.58. The van der Waals surface area contributed by atoms with Gasteiger partial charge in [-0.1, -0.05) is 0 Å². The van der Waals surface area contributed by atoms with Crippen LogP contribution in [0.3, 0.4) is 0 Å². The fourth-order valence-corrected chi connectivity index (χ4v) is 1.29. The zero-order valence-electron chi connectivity index (χ0n) is 13.5. The van der Waals surface area contributed by atoms with Crippen molar-refractivity contribution in [1.82, 2.24) is 4.90 Å². The minimum Gasteiger partial charge on any atom is -0.443 e. The maximum Gasteiger partial charge on any atom is 0.419 e. The molecule has 0 N–H and O–H groups in total. The van der Waals surface area contributed by atoms with Gasteiger partial charge in [-0.2, -0.15) is 0 Å². The molecule has 0 radical (unpaired) electrons. The van der Waals surface area contributed by atoms with E-state index in [1.54, 1.807) is 41.5 Å². The van der Waals surface area contributed by atoms with Crippen molar-refractivity contribution in [3.05, 3.63) is 0 Å². The Balaban J connectivity index is 4.83. The van der Waals surface area contributed by atoms with E-state index in [0.717, 1.165) is 4.90 Å². The Morgan fingerprint density at radius 3 is 1.62 bits per heavy atom. The largest absolute Gasteiger partial charge is 0.443 e. The minimum absolute atomic E-state index is 0.0177.